The van der Waals surface area contributed by atoms with Gasteiger partial charge in [0.2, 0.25) is 10.0 Å². The Bertz CT molecular complexity index is 580. The van der Waals surface area contributed by atoms with Gasteiger partial charge < -0.3 is 5.32 Å². The normalized spacial score (nSPS) is 12.6. The third-order valence-corrected chi connectivity index (χ3v) is 7.16. The van der Waals surface area contributed by atoms with Crippen LogP contribution in [0.2, 0.25) is 0 Å². The van der Waals surface area contributed by atoms with Gasteiger partial charge in [0.1, 0.15) is 4.90 Å². The molecule has 1 rings (SSSR count). The van der Waals surface area contributed by atoms with Gasteiger partial charge >= 0.3 is 0 Å². The minimum atomic E-state index is -3.51. The van der Waals surface area contributed by atoms with Gasteiger partial charge in [-0.1, -0.05) is 19.9 Å². The van der Waals surface area contributed by atoms with Crippen LogP contribution in [0.5, 0.6) is 0 Å². The Morgan fingerprint density at radius 3 is 2.52 bits per heavy atom. The first kappa shape index (κ1) is 18.8. The molecule has 0 amide bonds. The van der Waals surface area contributed by atoms with E-state index in [4.69, 9.17) is 0 Å². The minimum absolute atomic E-state index is 0.114. The van der Waals surface area contributed by atoms with Crippen LogP contribution in [-0.4, -0.2) is 31.4 Å². The molecule has 0 saturated heterocycles. The van der Waals surface area contributed by atoms with Crippen LogP contribution in [0.4, 0.5) is 0 Å². The maximum Gasteiger partial charge on any atom is 0.245 e. The average molecular weight is 395 g/mol. The largest absolute Gasteiger partial charge is 0.310 e. The lowest BCUT2D eigenvalue weighted by atomic mass is 10.4. The molecule has 1 N–H and O–H groups in total. The van der Waals surface area contributed by atoms with Crippen LogP contribution >= 0.6 is 27.3 Å². The van der Waals surface area contributed by atoms with E-state index in [1.165, 1.54) is 15.6 Å². The molecule has 7 heteroatoms. The van der Waals surface area contributed by atoms with E-state index in [-0.39, 0.29) is 6.04 Å². The van der Waals surface area contributed by atoms with Crippen LogP contribution in [0, 0.1) is 0 Å². The van der Waals surface area contributed by atoms with Crippen LogP contribution in [0.1, 0.15) is 32.6 Å². The number of hydrogen-bond donors (Lipinski definition) is 1. The van der Waals surface area contributed by atoms with Gasteiger partial charge in [0.15, 0.2) is 0 Å². The molecule has 0 aliphatic heterocycles. The molecule has 21 heavy (non-hydrogen) atoms. The number of nitrogens with zero attached hydrogens (tertiary/aromatic N) is 1. The van der Waals surface area contributed by atoms with Crippen LogP contribution < -0.4 is 5.32 Å². The van der Waals surface area contributed by atoms with E-state index >= 15 is 0 Å². The molecule has 1 heterocycles. The van der Waals surface area contributed by atoms with E-state index in [1.807, 2.05) is 13.8 Å². The van der Waals surface area contributed by atoms with Gasteiger partial charge in [-0.25, -0.2) is 8.42 Å². The molecule has 1 aromatic rings. The fourth-order valence-corrected chi connectivity index (χ4v) is 6.00. The summed E-state index contributed by atoms with van der Waals surface area (Å²) in [5, 5.41) is 3.30. The highest BCUT2D eigenvalue weighted by Gasteiger charge is 2.29. The first-order chi connectivity index (χ1) is 9.70. The van der Waals surface area contributed by atoms with Crippen molar-refractivity contribution in [2.24, 2.45) is 0 Å². The van der Waals surface area contributed by atoms with Gasteiger partial charge in [0.25, 0.3) is 0 Å². The van der Waals surface area contributed by atoms with Gasteiger partial charge in [-0.15, -0.1) is 17.9 Å². The molecule has 0 saturated carbocycles. The zero-order chi connectivity index (χ0) is 16.2. The monoisotopic (exact) mass is 394 g/mol. The molecule has 120 valence electrons. The SMILES string of the molecule is C=CCN(C(C)C)S(=O)(=O)c1cc(CNC(C)C)sc1Br. The van der Waals surface area contributed by atoms with Crippen molar-refractivity contribution in [3.05, 3.63) is 27.4 Å². The highest BCUT2D eigenvalue weighted by molar-refractivity contribution is 9.11. The fourth-order valence-electron chi connectivity index (χ4n) is 1.81. The van der Waals surface area contributed by atoms with Crippen molar-refractivity contribution in [1.82, 2.24) is 9.62 Å². The maximum absolute atomic E-state index is 12.8. The second-order valence-electron chi connectivity index (χ2n) is 5.34. The quantitative estimate of drug-likeness (QED) is 0.685. The summed E-state index contributed by atoms with van der Waals surface area (Å²) in [7, 11) is -3.51. The summed E-state index contributed by atoms with van der Waals surface area (Å²) >= 11 is 4.84. The Morgan fingerprint density at radius 1 is 1.43 bits per heavy atom. The van der Waals surface area contributed by atoms with Crippen molar-refractivity contribution in [3.63, 3.8) is 0 Å². The first-order valence-electron chi connectivity index (χ1n) is 6.84. The number of thiophene rings is 1. The van der Waals surface area contributed by atoms with Crippen molar-refractivity contribution in [2.45, 2.75) is 51.2 Å². The number of sulfonamides is 1. The molecule has 0 aliphatic rings. The molecule has 0 fully saturated rings. The predicted molar refractivity (Wildman–Crippen MR) is 93.2 cm³/mol. The van der Waals surface area contributed by atoms with Crippen LogP contribution in [0.25, 0.3) is 0 Å². The van der Waals surface area contributed by atoms with Crippen molar-refractivity contribution < 1.29 is 8.42 Å². The number of hydrogen-bond acceptors (Lipinski definition) is 4. The number of nitrogens with one attached hydrogen (secondary N) is 1. The third-order valence-electron chi connectivity index (χ3n) is 2.86. The molecule has 1 aromatic heterocycles. The molecule has 0 aliphatic carbocycles. The van der Waals surface area contributed by atoms with Crippen LogP contribution in [0.3, 0.4) is 0 Å². The molecule has 4 nitrogen and oxygen atoms in total. The van der Waals surface area contributed by atoms with Crippen molar-refractivity contribution in [2.75, 3.05) is 6.54 Å². The standard InChI is InChI=1S/C14H23BrN2O2S2/c1-6-7-17(11(4)5)21(18,19)13-8-12(20-14(13)15)9-16-10(2)3/h6,8,10-11,16H,1,7,9H2,2-5H3. The Morgan fingerprint density at radius 2 is 2.05 bits per heavy atom. The van der Waals surface area contributed by atoms with Gasteiger partial charge in [-0.05, 0) is 35.8 Å². The van der Waals surface area contributed by atoms with E-state index in [9.17, 15) is 8.42 Å². The van der Waals surface area contributed by atoms with E-state index < -0.39 is 10.0 Å². The predicted octanol–water partition coefficient (Wildman–Crippen LogP) is 3.59. The van der Waals surface area contributed by atoms with Crippen molar-refractivity contribution in [1.29, 1.82) is 0 Å². The summed E-state index contributed by atoms with van der Waals surface area (Å²) in [6.07, 6.45) is 1.61. The summed E-state index contributed by atoms with van der Waals surface area (Å²) < 4.78 is 27.6. The molecule has 0 unspecified atom stereocenters. The Kier molecular flexibility index (Phi) is 7.06. The lowest BCUT2D eigenvalue weighted by Crippen LogP contribution is -2.36. The highest BCUT2D eigenvalue weighted by Crippen LogP contribution is 2.34. The van der Waals surface area contributed by atoms with Crippen LogP contribution in [-0.2, 0) is 16.6 Å². The van der Waals surface area contributed by atoms with E-state index in [2.05, 4.69) is 41.7 Å². The Balaban J connectivity index is 3.10. The zero-order valence-electron chi connectivity index (χ0n) is 12.9. The van der Waals surface area contributed by atoms with Gasteiger partial charge in [-0.2, -0.15) is 4.31 Å². The van der Waals surface area contributed by atoms with E-state index in [1.54, 1.807) is 12.1 Å². The molecular formula is C14H23BrN2O2S2. The smallest absolute Gasteiger partial charge is 0.245 e. The van der Waals surface area contributed by atoms with Crippen LogP contribution in [0.15, 0.2) is 27.4 Å². The molecule has 0 spiro atoms. The third kappa shape index (κ3) is 4.89. The topological polar surface area (TPSA) is 49.4 Å². The molecule has 0 atom stereocenters. The Labute approximate surface area is 140 Å². The second-order valence-corrected chi connectivity index (χ2v) is 9.66. The van der Waals surface area contributed by atoms with Crippen molar-refractivity contribution >= 4 is 37.3 Å². The van der Waals surface area contributed by atoms with Gasteiger partial charge in [0.05, 0.1) is 3.79 Å². The van der Waals surface area contributed by atoms with Gasteiger partial charge in [0, 0.05) is 30.1 Å². The lowest BCUT2D eigenvalue weighted by molar-refractivity contribution is 0.383. The molecular weight excluding hydrogens is 372 g/mol. The van der Waals surface area contributed by atoms with Crippen molar-refractivity contribution in [3.8, 4) is 0 Å². The summed E-state index contributed by atoms with van der Waals surface area (Å²) in [6.45, 7) is 12.5. The summed E-state index contributed by atoms with van der Waals surface area (Å²) in [6, 6.07) is 1.99. The highest BCUT2D eigenvalue weighted by atomic mass is 79.9. The minimum Gasteiger partial charge on any atom is -0.310 e. The summed E-state index contributed by atoms with van der Waals surface area (Å²) in [4.78, 5) is 1.33. The van der Waals surface area contributed by atoms with E-state index in [0.717, 1.165) is 4.88 Å². The summed E-state index contributed by atoms with van der Waals surface area (Å²) in [5.74, 6) is 0. The maximum atomic E-state index is 12.8. The Hall–Kier alpha value is -0.210. The summed E-state index contributed by atoms with van der Waals surface area (Å²) in [5.41, 5.74) is 0. The van der Waals surface area contributed by atoms with E-state index in [0.29, 0.717) is 27.8 Å². The number of halogens is 1. The fraction of sp³-hybridized carbons (Fsp3) is 0.571. The lowest BCUT2D eigenvalue weighted by Gasteiger charge is -2.24. The molecule has 0 aromatic carbocycles. The molecule has 0 radical (unpaired) electrons. The average Bonchev–Trinajstić information content (AvgIpc) is 2.75. The molecule has 0 bridgehead atoms. The zero-order valence-corrected chi connectivity index (χ0v) is 16.1. The first-order valence-corrected chi connectivity index (χ1v) is 9.89. The second kappa shape index (κ2) is 7.87. The number of rotatable bonds is 8. The van der Waals surface area contributed by atoms with Gasteiger partial charge in [-0.3, -0.25) is 0 Å².